The van der Waals surface area contributed by atoms with Crippen LogP contribution >= 0.6 is 0 Å². The molecule has 58 heavy (non-hydrogen) atoms. The number of rotatable bonds is 44. The minimum Gasteiger partial charge on any atom is -0.462 e. The molecule has 1 unspecified atom stereocenters. The first-order valence-electron chi connectivity index (χ1n) is 24.5. The van der Waals surface area contributed by atoms with E-state index in [1.807, 2.05) is 0 Å². The highest BCUT2D eigenvalue weighted by Gasteiger charge is 2.17. The van der Waals surface area contributed by atoms with Crippen LogP contribution in [0.1, 0.15) is 226 Å². The topological polar surface area (TPSA) is 61.8 Å². The van der Waals surface area contributed by atoms with Crippen molar-refractivity contribution in [1.82, 2.24) is 0 Å². The molecule has 0 heterocycles. The highest BCUT2D eigenvalue weighted by molar-refractivity contribution is 5.70. The monoisotopic (exact) mass is 809 g/mol. The van der Waals surface area contributed by atoms with E-state index in [1.165, 1.54) is 103 Å². The molecule has 0 aromatic heterocycles. The molecule has 334 valence electrons. The van der Waals surface area contributed by atoms with Crippen LogP contribution in [0.4, 0.5) is 0 Å². The summed E-state index contributed by atoms with van der Waals surface area (Å²) in [6, 6.07) is 0. The summed E-state index contributed by atoms with van der Waals surface area (Å²) in [6.45, 7) is 7.63. The van der Waals surface area contributed by atoms with Gasteiger partial charge in [0.25, 0.3) is 0 Å². The Kier molecular flexibility index (Phi) is 46.5. The Morgan fingerprint density at radius 2 is 0.776 bits per heavy atom. The van der Waals surface area contributed by atoms with Crippen LogP contribution in [0.15, 0.2) is 72.9 Å². The van der Waals surface area contributed by atoms with Crippen LogP contribution < -0.4 is 0 Å². The molecule has 0 aliphatic rings. The van der Waals surface area contributed by atoms with Crippen molar-refractivity contribution < 1.29 is 23.8 Å². The predicted molar refractivity (Wildman–Crippen MR) is 251 cm³/mol. The maximum Gasteiger partial charge on any atom is 0.306 e. The average molecular weight is 809 g/mol. The molecule has 0 bridgehead atoms. The normalized spacial score (nSPS) is 12.8. The molecule has 0 rings (SSSR count). The van der Waals surface area contributed by atoms with Gasteiger partial charge in [0.2, 0.25) is 0 Å². The zero-order valence-corrected chi connectivity index (χ0v) is 38.3. The standard InChI is InChI=1S/C53H92O5/c1-4-7-10-13-16-18-20-22-24-26-27-28-29-31-33-35-38-40-43-46-52(54)57-50-51(58-53(55)47-44-41-37-15-12-9-6-3)49-56-48-45-42-39-36-34-32-30-25-23-21-19-17-14-11-8-5-2/h7,10,16,18,22-25,27-28,31,33,51H,4-6,8-9,11-15,17,19-21,26,29-30,32,34-50H2,1-3H3/b10-7-,18-16-,24-22-,25-23-,28-27-,33-31-. The van der Waals surface area contributed by atoms with Crippen molar-refractivity contribution in [1.29, 1.82) is 0 Å². The van der Waals surface area contributed by atoms with Crippen molar-refractivity contribution in [3.05, 3.63) is 72.9 Å². The van der Waals surface area contributed by atoms with E-state index in [9.17, 15) is 9.59 Å². The molecule has 0 N–H and O–H groups in total. The lowest BCUT2D eigenvalue weighted by atomic mass is 10.1. The van der Waals surface area contributed by atoms with Gasteiger partial charge in [-0.25, -0.2) is 0 Å². The van der Waals surface area contributed by atoms with Gasteiger partial charge in [-0.3, -0.25) is 9.59 Å². The Morgan fingerprint density at radius 1 is 0.397 bits per heavy atom. The Morgan fingerprint density at radius 3 is 1.28 bits per heavy atom. The highest BCUT2D eigenvalue weighted by atomic mass is 16.6. The van der Waals surface area contributed by atoms with Gasteiger partial charge < -0.3 is 14.2 Å². The van der Waals surface area contributed by atoms with Crippen molar-refractivity contribution >= 4 is 11.9 Å². The lowest BCUT2D eigenvalue weighted by Crippen LogP contribution is -2.30. The number of ether oxygens (including phenoxy) is 3. The molecule has 0 fully saturated rings. The molecular weight excluding hydrogens is 717 g/mol. The number of hydrogen-bond donors (Lipinski definition) is 0. The van der Waals surface area contributed by atoms with E-state index in [-0.39, 0.29) is 25.2 Å². The number of carbonyl (C=O) groups is 2. The first-order chi connectivity index (χ1) is 28.6. The van der Waals surface area contributed by atoms with Gasteiger partial charge in [0.1, 0.15) is 6.61 Å². The van der Waals surface area contributed by atoms with E-state index >= 15 is 0 Å². The molecule has 5 nitrogen and oxygen atoms in total. The van der Waals surface area contributed by atoms with E-state index in [4.69, 9.17) is 14.2 Å². The molecule has 1 atom stereocenters. The van der Waals surface area contributed by atoms with Crippen LogP contribution in [0, 0.1) is 0 Å². The number of unbranched alkanes of at least 4 members (excludes halogenated alkanes) is 21. The van der Waals surface area contributed by atoms with Crippen LogP contribution in [-0.2, 0) is 23.8 Å². The lowest BCUT2D eigenvalue weighted by Gasteiger charge is -2.18. The summed E-state index contributed by atoms with van der Waals surface area (Å²) in [5.41, 5.74) is 0. The van der Waals surface area contributed by atoms with Crippen molar-refractivity contribution in [2.24, 2.45) is 0 Å². The Balaban J connectivity index is 4.21. The van der Waals surface area contributed by atoms with Crippen molar-refractivity contribution in [2.45, 2.75) is 232 Å². The fourth-order valence-electron chi connectivity index (χ4n) is 6.59. The summed E-state index contributed by atoms with van der Waals surface area (Å²) in [5, 5.41) is 0. The SMILES string of the molecule is CC/C=C\C/C=C\C/C=C\C/C=C\C/C=C\CCCCCC(=O)OCC(COCCCCCCCC/C=C\CCCCCCCC)OC(=O)CCCCCCCCC. The van der Waals surface area contributed by atoms with Gasteiger partial charge >= 0.3 is 11.9 Å². The fourth-order valence-corrected chi connectivity index (χ4v) is 6.59. The van der Waals surface area contributed by atoms with E-state index in [0.29, 0.717) is 19.4 Å². The van der Waals surface area contributed by atoms with Gasteiger partial charge in [-0.05, 0) is 89.9 Å². The Bertz CT molecular complexity index is 1050. The third-order valence-electron chi connectivity index (χ3n) is 10.2. The number of carbonyl (C=O) groups excluding carboxylic acids is 2. The molecular formula is C53H92O5. The van der Waals surface area contributed by atoms with Gasteiger partial charge in [-0.2, -0.15) is 0 Å². The molecule has 0 aliphatic heterocycles. The smallest absolute Gasteiger partial charge is 0.306 e. The van der Waals surface area contributed by atoms with Gasteiger partial charge in [0.15, 0.2) is 6.10 Å². The molecule has 0 spiro atoms. The van der Waals surface area contributed by atoms with E-state index in [1.54, 1.807) is 0 Å². The van der Waals surface area contributed by atoms with Gasteiger partial charge in [0, 0.05) is 19.4 Å². The third kappa shape index (κ3) is 46.0. The molecule has 5 heteroatoms. The van der Waals surface area contributed by atoms with Crippen LogP contribution in [0.3, 0.4) is 0 Å². The lowest BCUT2D eigenvalue weighted by molar-refractivity contribution is -0.163. The maximum absolute atomic E-state index is 12.6. The minimum atomic E-state index is -0.551. The van der Waals surface area contributed by atoms with Crippen molar-refractivity contribution in [3.8, 4) is 0 Å². The van der Waals surface area contributed by atoms with Gasteiger partial charge in [0.05, 0.1) is 6.61 Å². The van der Waals surface area contributed by atoms with Crippen LogP contribution in [0.25, 0.3) is 0 Å². The summed E-state index contributed by atoms with van der Waals surface area (Å²) in [7, 11) is 0. The van der Waals surface area contributed by atoms with Crippen LogP contribution in [-0.4, -0.2) is 37.9 Å². The molecule has 0 saturated heterocycles. The number of allylic oxidation sites excluding steroid dienone is 12. The molecule has 0 aromatic rings. The van der Waals surface area contributed by atoms with E-state index in [2.05, 4.69) is 93.7 Å². The Hall–Kier alpha value is -2.66. The molecule has 0 aliphatic carbocycles. The second-order valence-electron chi connectivity index (χ2n) is 16.0. The quantitative estimate of drug-likeness (QED) is 0.0348. The molecule has 0 radical (unpaired) electrons. The summed E-state index contributed by atoms with van der Waals surface area (Å²) in [6.07, 6.45) is 62.0. The fraction of sp³-hybridized carbons (Fsp3) is 0.736. The van der Waals surface area contributed by atoms with Crippen molar-refractivity contribution in [3.63, 3.8) is 0 Å². The van der Waals surface area contributed by atoms with Gasteiger partial charge in [-0.15, -0.1) is 0 Å². The zero-order chi connectivity index (χ0) is 42.1. The molecule has 0 aromatic carbocycles. The second-order valence-corrected chi connectivity index (χ2v) is 16.0. The summed E-state index contributed by atoms with van der Waals surface area (Å²) in [5.74, 6) is -0.443. The average Bonchev–Trinajstić information content (AvgIpc) is 3.22. The third-order valence-corrected chi connectivity index (χ3v) is 10.2. The maximum atomic E-state index is 12.6. The zero-order valence-electron chi connectivity index (χ0n) is 38.3. The van der Waals surface area contributed by atoms with Gasteiger partial charge in [-0.1, -0.05) is 196 Å². The number of esters is 2. The van der Waals surface area contributed by atoms with Crippen molar-refractivity contribution in [2.75, 3.05) is 19.8 Å². The Labute approximate surface area is 359 Å². The van der Waals surface area contributed by atoms with E-state index < -0.39 is 6.10 Å². The van der Waals surface area contributed by atoms with Crippen LogP contribution in [0.5, 0.6) is 0 Å². The summed E-state index contributed by atoms with van der Waals surface area (Å²) >= 11 is 0. The molecule has 0 saturated carbocycles. The highest BCUT2D eigenvalue weighted by Crippen LogP contribution is 2.13. The second kappa shape index (κ2) is 48.7. The predicted octanol–water partition coefficient (Wildman–Crippen LogP) is 16.3. The first kappa shape index (κ1) is 55.3. The largest absolute Gasteiger partial charge is 0.462 e. The number of hydrogen-bond acceptors (Lipinski definition) is 5. The first-order valence-corrected chi connectivity index (χ1v) is 24.5. The molecule has 0 amide bonds. The van der Waals surface area contributed by atoms with E-state index in [0.717, 1.165) is 89.9 Å². The summed E-state index contributed by atoms with van der Waals surface area (Å²) in [4.78, 5) is 25.2. The minimum absolute atomic E-state index is 0.0645. The summed E-state index contributed by atoms with van der Waals surface area (Å²) < 4.78 is 17.3. The van der Waals surface area contributed by atoms with Crippen LogP contribution in [0.2, 0.25) is 0 Å².